The van der Waals surface area contributed by atoms with Gasteiger partial charge in [0.05, 0.1) is 6.54 Å². The number of hydrogen-bond acceptors (Lipinski definition) is 7. The van der Waals surface area contributed by atoms with Crippen LogP contribution < -0.4 is 5.73 Å². The maximum Gasteiger partial charge on any atom is 0.240 e. The van der Waals surface area contributed by atoms with E-state index in [1.165, 1.54) is 0 Å². The third kappa shape index (κ3) is 7.75. The summed E-state index contributed by atoms with van der Waals surface area (Å²) in [6.07, 6.45) is 1.11. The van der Waals surface area contributed by atoms with Crippen LogP contribution in [-0.4, -0.2) is 64.7 Å². The third-order valence-corrected chi connectivity index (χ3v) is 4.16. The fourth-order valence-electron chi connectivity index (χ4n) is 2.68. The van der Waals surface area contributed by atoms with E-state index in [9.17, 15) is 4.79 Å². The van der Waals surface area contributed by atoms with E-state index in [1.807, 2.05) is 25.7 Å². The van der Waals surface area contributed by atoms with Gasteiger partial charge in [0.2, 0.25) is 11.8 Å². The summed E-state index contributed by atoms with van der Waals surface area (Å²) in [5, 5.41) is 3.97. The molecule has 152 valence electrons. The van der Waals surface area contributed by atoms with Gasteiger partial charge in [0.15, 0.2) is 5.82 Å². The number of halogens is 2. The summed E-state index contributed by atoms with van der Waals surface area (Å²) >= 11 is 0. The van der Waals surface area contributed by atoms with Crippen LogP contribution in [0.15, 0.2) is 4.52 Å². The summed E-state index contributed by atoms with van der Waals surface area (Å²) < 4.78 is 10.8. The highest BCUT2D eigenvalue weighted by molar-refractivity contribution is 5.85. The molecule has 2 rings (SSSR count). The summed E-state index contributed by atoms with van der Waals surface area (Å²) in [5.74, 6) is 1.36. The Morgan fingerprint density at radius 1 is 1.27 bits per heavy atom. The molecule has 1 aliphatic rings. The van der Waals surface area contributed by atoms with Gasteiger partial charge in [-0.2, -0.15) is 4.98 Å². The molecule has 2 heterocycles. The predicted molar refractivity (Wildman–Crippen MR) is 104 cm³/mol. The smallest absolute Gasteiger partial charge is 0.240 e. The van der Waals surface area contributed by atoms with Crippen LogP contribution in [0.5, 0.6) is 0 Å². The maximum atomic E-state index is 12.1. The fraction of sp³-hybridized carbons (Fsp3) is 0.812. The average Bonchev–Trinajstić information content (AvgIpc) is 3.02. The van der Waals surface area contributed by atoms with Gasteiger partial charge < -0.3 is 19.9 Å². The number of carbonyl (C=O) groups excluding carboxylic acids is 1. The number of aromatic nitrogens is 2. The number of nitrogens with zero attached hydrogens (tertiary/aromatic N) is 4. The van der Waals surface area contributed by atoms with Gasteiger partial charge in [-0.15, -0.1) is 24.8 Å². The molecule has 26 heavy (non-hydrogen) atoms. The molecule has 0 spiro atoms. The largest absolute Gasteiger partial charge is 0.371 e. The number of ether oxygens (including phenoxy) is 1. The highest BCUT2D eigenvalue weighted by Gasteiger charge is 2.23. The van der Waals surface area contributed by atoms with E-state index >= 15 is 0 Å². The van der Waals surface area contributed by atoms with E-state index in [2.05, 4.69) is 15.0 Å². The first-order valence-electron chi connectivity index (χ1n) is 8.69. The maximum absolute atomic E-state index is 12.1. The van der Waals surface area contributed by atoms with Crippen molar-refractivity contribution in [2.45, 2.75) is 52.3 Å². The van der Waals surface area contributed by atoms with E-state index < -0.39 is 0 Å². The summed E-state index contributed by atoms with van der Waals surface area (Å²) in [5.41, 5.74) is 5.71. The number of piperazine rings is 1. The first-order chi connectivity index (χ1) is 11.5. The Labute approximate surface area is 167 Å². The molecule has 2 atom stereocenters. The minimum absolute atomic E-state index is 0. The molecule has 0 bridgehead atoms. The van der Waals surface area contributed by atoms with E-state index in [0.29, 0.717) is 31.3 Å². The van der Waals surface area contributed by atoms with Gasteiger partial charge in [0.25, 0.3) is 0 Å². The number of rotatable bonds is 8. The second-order valence-corrected chi connectivity index (χ2v) is 6.32. The molecule has 0 aliphatic carbocycles. The fourth-order valence-corrected chi connectivity index (χ4v) is 2.68. The molecule has 1 saturated heterocycles. The highest BCUT2D eigenvalue weighted by Crippen LogP contribution is 2.14. The molecule has 1 aromatic heterocycles. The average molecular weight is 412 g/mol. The van der Waals surface area contributed by atoms with Crippen LogP contribution in [0.2, 0.25) is 0 Å². The molecular weight excluding hydrogens is 381 g/mol. The van der Waals surface area contributed by atoms with Crippen molar-refractivity contribution in [2.24, 2.45) is 5.73 Å². The Morgan fingerprint density at radius 2 is 1.92 bits per heavy atom. The highest BCUT2D eigenvalue weighted by atomic mass is 35.5. The molecule has 0 aromatic carbocycles. The second-order valence-electron chi connectivity index (χ2n) is 6.32. The Balaban J connectivity index is 0.00000312. The SMILES string of the molecule is CCOC(C)c1noc(CN2CCN(C(=O)CCC(C)N)CC2)n1.Cl.Cl. The van der Waals surface area contributed by atoms with Crippen molar-refractivity contribution in [1.82, 2.24) is 19.9 Å². The standard InChI is InChI=1S/C16H29N5O3.2ClH/c1-4-23-13(3)16-18-14(24-19-16)11-20-7-9-21(10-8-20)15(22)6-5-12(2)17;;/h12-13H,4-11,17H2,1-3H3;2*1H. The number of nitrogens with two attached hydrogens (primary N) is 1. The topological polar surface area (TPSA) is 97.7 Å². The van der Waals surface area contributed by atoms with Gasteiger partial charge >= 0.3 is 0 Å². The molecule has 1 aliphatic heterocycles. The van der Waals surface area contributed by atoms with Gasteiger partial charge in [-0.05, 0) is 27.2 Å². The van der Waals surface area contributed by atoms with E-state index in [0.717, 1.165) is 32.6 Å². The Kier molecular flexibility index (Phi) is 12.0. The Bertz CT molecular complexity index is 522. The van der Waals surface area contributed by atoms with E-state index in [1.54, 1.807) is 0 Å². The van der Waals surface area contributed by atoms with E-state index in [4.69, 9.17) is 15.0 Å². The van der Waals surface area contributed by atoms with Crippen LogP contribution in [0.1, 0.15) is 51.4 Å². The van der Waals surface area contributed by atoms with Crippen LogP contribution in [0.4, 0.5) is 0 Å². The lowest BCUT2D eigenvalue weighted by Gasteiger charge is -2.34. The predicted octanol–water partition coefficient (Wildman–Crippen LogP) is 1.78. The lowest BCUT2D eigenvalue weighted by Crippen LogP contribution is -2.48. The molecule has 2 unspecified atom stereocenters. The van der Waals surface area contributed by atoms with Gasteiger partial charge in [0.1, 0.15) is 6.10 Å². The third-order valence-electron chi connectivity index (χ3n) is 4.16. The lowest BCUT2D eigenvalue weighted by atomic mass is 10.1. The van der Waals surface area contributed by atoms with Crippen molar-refractivity contribution in [2.75, 3.05) is 32.8 Å². The van der Waals surface area contributed by atoms with Crippen LogP contribution in [0.3, 0.4) is 0 Å². The van der Waals surface area contributed by atoms with Crippen LogP contribution in [0.25, 0.3) is 0 Å². The molecule has 2 N–H and O–H groups in total. The van der Waals surface area contributed by atoms with Crippen LogP contribution in [-0.2, 0) is 16.1 Å². The monoisotopic (exact) mass is 411 g/mol. The molecule has 1 aromatic rings. The summed E-state index contributed by atoms with van der Waals surface area (Å²) in [6, 6.07) is 0.0704. The van der Waals surface area contributed by atoms with Crippen molar-refractivity contribution in [1.29, 1.82) is 0 Å². The van der Waals surface area contributed by atoms with Crippen molar-refractivity contribution in [3.05, 3.63) is 11.7 Å². The van der Waals surface area contributed by atoms with Gasteiger partial charge in [0, 0.05) is 45.2 Å². The molecular formula is C16H31Cl2N5O3. The van der Waals surface area contributed by atoms with Crippen molar-refractivity contribution >= 4 is 30.7 Å². The van der Waals surface area contributed by atoms with Crippen molar-refractivity contribution < 1.29 is 14.1 Å². The lowest BCUT2D eigenvalue weighted by molar-refractivity contribution is -0.133. The molecule has 1 fully saturated rings. The molecule has 8 nitrogen and oxygen atoms in total. The minimum Gasteiger partial charge on any atom is -0.371 e. The summed E-state index contributed by atoms with van der Waals surface area (Å²) in [7, 11) is 0. The number of carbonyl (C=O) groups is 1. The Morgan fingerprint density at radius 3 is 2.50 bits per heavy atom. The Hall–Kier alpha value is -0.930. The number of hydrogen-bond donors (Lipinski definition) is 1. The number of amides is 1. The zero-order chi connectivity index (χ0) is 17.5. The van der Waals surface area contributed by atoms with E-state index in [-0.39, 0.29) is 42.9 Å². The summed E-state index contributed by atoms with van der Waals surface area (Å²) in [4.78, 5) is 20.6. The van der Waals surface area contributed by atoms with Crippen LogP contribution in [0, 0.1) is 0 Å². The molecule has 1 amide bonds. The summed E-state index contributed by atoms with van der Waals surface area (Å²) in [6.45, 7) is 10.1. The van der Waals surface area contributed by atoms with Crippen molar-refractivity contribution in [3.63, 3.8) is 0 Å². The first-order valence-corrected chi connectivity index (χ1v) is 8.69. The quantitative estimate of drug-likeness (QED) is 0.695. The molecule has 0 saturated carbocycles. The minimum atomic E-state index is -0.160. The van der Waals surface area contributed by atoms with Gasteiger partial charge in [-0.25, -0.2) is 0 Å². The molecule has 10 heteroatoms. The van der Waals surface area contributed by atoms with Crippen molar-refractivity contribution in [3.8, 4) is 0 Å². The van der Waals surface area contributed by atoms with Gasteiger partial charge in [-0.3, -0.25) is 9.69 Å². The first kappa shape index (κ1) is 25.1. The van der Waals surface area contributed by atoms with Crippen LogP contribution >= 0.6 is 24.8 Å². The molecule has 0 radical (unpaired) electrons. The second kappa shape index (κ2) is 12.5. The van der Waals surface area contributed by atoms with Gasteiger partial charge in [-0.1, -0.05) is 5.16 Å². The zero-order valence-electron chi connectivity index (χ0n) is 15.7. The normalized spacial score (nSPS) is 17.2. The zero-order valence-corrected chi connectivity index (χ0v) is 17.4.